The first kappa shape index (κ1) is 12.9. The van der Waals surface area contributed by atoms with Crippen molar-refractivity contribution in [2.24, 2.45) is 17.6 Å². The van der Waals surface area contributed by atoms with E-state index in [2.05, 4.69) is 12.2 Å². The van der Waals surface area contributed by atoms with Gasteiger partial charge in [0.05, 0.1) is 0 Å². The summed E-state index contributed by atoms with van der Waals surface area (Å²) >= 11 is 0. The second-order valence-corrected chi connectivity index (χ2v) is 6.02. The Bertz CT molecular complexity index is 259. The lowest BCUT2D eigenvalue weighted by Gasteiger charge is -2.32. The van der Waals surface area contributed by atoms with Gasteiger partial charge < -0.3 is 11.1 Å². The quantitative estimate of drug-likeness (QED) is 0.775. The van der Waals surface area contributed by atoms with Crippen LogP contribution in [0.3, 0.4) is 0 Å². The molecule has 0 aliphatic heterocycles. The lowest BCUT2D eigenvalue weighted by molar-refractivity contribution is -0.127. The highest BCUT2D eigenvalue weighted by molar-refractivity contribution is 5.79. The van der Waals surface area contributed by atoms with Gasteiger partial charge in [-0.25, -0.2) is 0 Å². The van der Waals surface area contributed by atoms with Crippen molar-refractivity contribution >= 4 is 5.91 Å². The molecule has 3 heteroatoms. The van der Waals surface area contributed by atoms with Gasteiger partial charge in [-0.3, -0.25) is 4.79 Å². The molecule has 2 saturated carbocycles. The van der Waals surface area contributed by atoms with Crippen LogP contribution in [0.1, 0.15) is 58.3 Å². The lowest BCUT2D eigenvalue weighted by Crippen LogP contribution is -2.51. The van der Waals surface area contributed by atoms with Crippen molar-refractivity contribution in [3.05, 3.63) is 0 Å². The van der Waals surface area contributed by atoms with E-state index in [1.807, 2.05) is 0 Å². The molecule has 2 rings (SSSR count). The van der Waals surface area contributed by atoms with Gasteiger partial charge in [0.25, 0.3) is 0 Å². The van der Waals surface area contributed by atoms with Crippen LogP contribution in [0.2, 0.25) is 0 Å². The van der Waals surface area contributed by atoms with Crippen LogP contribution in [0.25, 0.3) is 0 Å². The van der Waals surface area contributed by atoms with Gasteiger partial charge in [0.15, 0.2) is 0 Å². The van der Waals surface area contributed by atoms with Crippen molar-refractivity contribution in [3.8, 4) is 0 Å². The highest BCUT2D eigenvalue weighted by Crippen LogP contribution is 2.28. The molecule has 2 atom stereocenters. The van der Waals surface area contributed by atoms with Crippen molar-refractivity contribution < 1.29 is 4.79 Å². The second kappa shape index (κ2) is 5.85. The van der Waals surface area contributed by atoms with E-state index in [9.17, 15) is 4.79 Å². The van der Waals surface area contributed by atoms with Gasteiger partial charge >= 0.3 is 0 Å². The number of carbonyl (C=O) groups is 1. The van der Waals surface area contributed by atoms with Gasteiger partial charge in [0, 0.05) is 18.0 Å². The maximum atomic E-state index is 12.2. The number of hydrogen-bond acceptors (Lipinski definition) is 2. The van der Waals surface area contributed by atoms with Gasteiger partial charge in [-0.05, 0) is 44.4 Å². The van der Waals surface area contributed by atoms with Crippen LogP contribution in [-0.2, 0) is 4.79 Å². The van der Waals surface area contributed by atoms with Crippen LogP contribution in [0.4, 0.5) is 0 Å². The van der Waals surface area contributed by atoms with E-state index in [0.29, 0.717) is 0 Å². The Morgan fingerprint density at radius 2 is 1.71 bits per heavy atom. The van der Waals surface area contributed by atoms with E-state index in [1.54, 1.807) is 0 Å². The largest absolute Gasteiger partial charge is 0.352 e. The monoisotopic (exact) mass is 238 g/mol. The van der Waals surface area contributed by atoms with Gasteiger partial charge in [-0.2, -0.15) is 0 Å². The van der Waals surface area contributed by atoms with Crippen molar-refractivity contribution in [2.75, 3.05) is 0 Å². The summed E-state index contributed by atoms with van der Waals surface area (Å²) in [5.74, 6) is 1.32. The highest BCUT2D eigenvalue weighted by Gasteiger charge is 2.28. The molecule has 0 aromatic carbocycles. The molecule has 0 radical (unpaired) electrons. The Balaban J connectivity index is 1.79. The minimum absolute atomic E-state index is 0.176. The SMILES string of the molecule is CC1CCC(C(=O)N[C@@H]2CCCC[C@H]2N)CC1. The number of nitrogens with two attached hydrogens (primary N) is 1. The number of rotatable bonds is 2. The van der Waals surface area contributed by atoms with E-state index in [1.165, 1.54) is 25.7 Å². The summed E-state index contributed by atoms with van der Waals surface area (Å²) in [5, 5.41) is 3.19. The first-order valence-electron chi connectivity index (χ1n) is 7.22. The summed E-state index contributed by atoms with van der Waals surface area (Å²) in [6, 6.07) is 0.408. The highest BCUT2D eigenvalue weighted by atomic mass is 16.1. The van der Waals surface area contributed by atoms with E-state index in [-0.39, 0.29) is 23.9 Å². The Labute approximate surface area is 105 Å². The van der Waals surface area contributed by atoms with Gasteiger partial charge in [-0.1, -0.05) is 19.8 Å². The molecule has 2 fully saturated rings. The maximum absolute atomic E-state index is 12.2. The molecule has 0 unspecified atom stereocenters. The minimum atomic E-state index is 0.176. The third-order valence-electron chi connectivity index (χ3n) is 4.53. The molecular weight excluding hydrogens is 212 g/mol. The van der Waals surface area contributed by atoms with Gasteiger partial charge in [-0.15, -0.1) is 0 Å². The first-order valence-corrected chi connectivity index (χ1v) is 7.22. The minimum Gasteiger partial charge on any atom is -0.352 e. The normalized spacial score (nSPS) is 38.7. The first-order chi connectivity index (χ1) is 8.16. The molecule has 2 aliphatic carbocycles. The molecule has 0 spiro atoms. The van der Waals surface area contributed by atoms with E-state index >= 15 is 0 Å². The summed E-state index contributed by atoms with van der Waals surface area (Å²) in [6.07, 6.45) is 9.09. The third kappa shape index (κ3) is 3.44. The van der Waals surface area contributed by atoms with Gasteiger partial charge in [0.1, 0.15) is 0 Å². The van der Waals surface area contributed by atoms with Crippen LogP contribution < -0.4 is 11.1 Å². The van der Waals surface area contributed by atoms with Crippen molar-refractivity contribution in [1.29, 1.82) is 0 Å². The van der Waals surface area contributed by atoms with E-state index in [0.717, 1.165) is 31.6 Å². The molecule has 3 nitrogen and oxygen atoms in total. The number of amides is 1. The zero-order chi connectivity index (χ0) is 12.3. The molecule has 1 amide bonds. The van der Waals surface area contributed by atoms with Crippen LogP contribution in [-0.4, -0.2) is 18.0 Å². The van der Waals surface area contributed by atoms with Crippen LogP contribution in [0.15, 0.2) is 0 Å². The van der Waals surface area contributed by atoms with Crippen molar-refractivity contribution in [2.45, 2.75) is 70.4 Å². The fraction of sp³-hybridized carbons (Fsp3) is 0.929. The molecule has 17 heavy (non-hydrogen) atoms. The Morgan fingerprint density at radius 3 is 2.35 bits per heavy atom. The van der Waals surface area contributed by atoms with Gasteiger partial charge in [0.2, 0.25) is 5.91 Å². The second-order valence-electron chi connectivity index (χ2n) is 6.02. The molecule has 0 heterocycles. The summed E-state index contributed by atoms with van der Waals surface area (Å²) < 4.78 is 0. The maximum Gasteiger partial charge on any atom is 0.223 e. The molecule has 0 aromatic heterocycles. The topological polar surface area (TPSA) is 55.1 Å². The van der Waals surface area contributed by atoms with Crippen molar-refractivity contribution in [1.82, 2.24) is 5.32 Å². The molecule has 0 bridgehead atoms. The number of hydrogen-bond donors (Lipinski definition) is 2. The Morgan fingerprint density at radius 1 is 1.06 bits per heavy atom. The molecule has 2 aliphatic rings. The summed E-state index contributed by atoms with van der Waals surface area (Å²) in [7, 11) is 0. The molecule has 0 saturated heterocycles. The molecule has 3 N–H and O–H groups in total. The summed E-state index contributed by atoms with van der Waals surface area (Å²) in [6.45, 7) is 2.28. The molecular formula is C14H26N2O. The molecule has 98 valence electrons. The van der Waals surface area contributed by atoms with Crippen LogP contribution in [0.5, 0.6) is 0 Å². The smallest absolute Gasteiger partial charge is 0.223 e. The standard InChI is InChI=1S/C14H26N2O/c1-10-6-8-11(9-7-10)14(17)16-13-5-3-2-4-12(13)15/h10-13H,2-9,15H2,1H3,(H,16,17)/t10?,11?,12-,13-/m1/s1. The fourth-order valence-corrected chi connectivity index (χ4v) is 3.16. The van der Waals surface area contributed by atoms with Crippen LogP contribution in [0, 0.1) is 11.8 Å². The third-order valence-corrected chi connectivity index (χ3v) is 4.53. The average molecular weight is 238 g/mol. The summed E-state index contributed by atoms with van der Waals surface area (Å²) in [5.41, 5.74) is 6.06. The zero-order valence-electron chi connectivity index (χ0n) is 11.0. The number of carbonyl (C=O) groups excluding carboxylic acids is 1. The van der Waals surface area contributed by atoms with Crippen molar-refractivity contribution in [3.63, 3.8) is 0 Å². The average Bonchev–Trinajstić information content (AvgIpc) is 2.33. The predicted octanol–water partition coefficient (Wildman–Crippen LogP) is 2.20. The predicted molar refractivity (Wildman–Crippen MR) is 69.5 cm³/mol. The number of nitrogens with one attached hydrogen (secondary N) is 1. The summed E-state index contributed by atoms with van der Waals surface area (Å²) in [4.78, 5) is 12.2. The Kier molecular flexibility index (Phi) is 4.43. The Hall–Kier alpha value is -0.570. The fourth-order valence-electron chi connectivity index (χ4n) is 3.16. The van der Waals surface area contributed by atoms with Crippen LogP contribution >= 0.6 is 0 Å². The van der Waals surface area contributed by atoms with E-state index < -0.39 is 0 Å². The zero-order valence-corrected chi connectivity index (χ0v) is 11.0. The van der Waals surface area contributed by atoms with E-state index in [4.69, 9.17) is 5.73 Å². The molecule has 0 aromatic rings. The lowest BCUT2D eigenvalue weighted by atomic mass is 9.82.